The number of hydrogen-bond acceptors (Lipinski definition) is 3. The summed E-state index contributed by atoms with van der Waals surface area (Å²) in [5.41, 5.74) is 1.33. The fourth-order valence-corrected chi connectivity index (χ4v) is 3.17. The van der Waals surface area contributed by atoms with E-state index in [4.69, 9.17) is 0 Å². The minimum atomic E-state index is -3.39. The van der Waals surface area contributed by atoms with E-state index in [9.17, 15) is 8.42 Å². The molecule has 21 heavy (non-hydrogen) atoms. The van der Waals surface area contributed by atoms with Crippen LogP contribution in [0.25, 0.3) is 0 Å². The van der Waals surface area contributed by atoms with Gasteiger partial charge in [0, 0.05) is 26.2 Å². The molecule has 0 aliphatic rings. The maximum Gasteiger partial charge on any atom is 0.243 e. The van der Waals surface area contributed by atoms with E-state index < -0.39 is 10.0 Å². The molecule has 1 aromatic carbocycles. The number of hydrogen-bond donors (Lipinski definition) is 1. The molecule has 0 unspecified atom stereocenters. The predicted molar refractivity (Wildman–Crippen MR) is 87.7 cm³/mol. The molecular weight excluding hydrogens is 284 g/mol. The second-order valence-electron chi connectivity index (χ2n) is 6.92. The first kappa shape index (κ1) is 18.1. The molecule has 1 rings (SSSR count). The first-order chi connectivity index (χ1) is 9.54. The smallest absolute Gasteiger partial charge is 0.243 e. The van der Waals surface area contributed by atoms with E-state index in [0.717, 1.165) is 18.7 Å². The van der Waals surface area contributed by atoms with E-state index in [2.05, 4.69) is 26.1 Å². The van der Waals surface area contributed by atoms with Gasteiger partial charge in [0.15, 0.2) is 0 Å². The first-order valence-corrected chi connectivity index (χ1v) is 8.76. The molecule has 0 spiro atoms. The Morgan fingerprint density at radius 3 is 2.10 bits per heavy atom. The molecule has 120 valence electrons. The average Bonchev–Trinajstić information content (AvgIpc) is 2.36. The highest BCUT2D eigenvalue weighted by molar-refractivity contribution is 7.89. The summed E-state index contributed by atoms with van der Waals surface area (Å²) in [6.45, 7) is 11.9. The molecular formula is C16H28N2O2S. The van der Waals surface area contributed by atoms with Gasteiger partial charge < -0.3 is 5.32 Å². The Morgan fingerprint density at radius 2 is 1.67 bits per heavy atom. The summed E-state index contributed by atoms with van der Waals surface area (Å²) in [5.74, 6) is 0. The van der Waals surface area contributed by atoms with Gasteiger partial charge in [0.2, 0.25) is 10.0 Å². The van der Waals surface area contributed by atoms with Crippen molar-refractivity contribution in [3.05, 3.63) is 29.8 Å². The summed E-state index contributed by atoms with van der Waals surface area (Å²) < 4.78 is 26.1. The van der Waals surface area contributed by atoms with Crippen molar-refractivity contribution in [1.29, 1.82) is 0 Å². The summed E-state index contributed by atoms with van der Waals surface area (Å²) >= 11 is 0. The molecule has 0 atom stereocenters. The Balaban J connectivity index is 2.74. The lowest BCUT2D eigenvalue weighted by atomic mass is 9.97. The third kappa shape index (κ3) is 5.41. The van der Waals surface area contributed by atoms with Crippen LogP contribution < -0.4 is 5.32 Å². The molecule has 0 aromatic heterocycles. The summed E-state index contributed by atoms with van der Waals surface area (Å²) in [7, 11) is -1.78. The molecule has 0 aliphatic heterocycles. The van der Waals surface area contributed by atoms with Crippen LogP contribution in [0.1, 0.15) is 40.2 Å². The molecule has 0 aliphatic carbocycles. The van der Waals surface area contributed by atoms with Gasteiger partial charge in [-0.25, -0.2) is 8.42 Å². The lowest BCUT2D eigenvalue weighted by Crippen LogP contribution is -2.33. The van der Waals surface area contributed by atoms with E-state index in [1.165, 1.54) is 4.31 Å². The highest BCUT2D eigenvalue weighted by Crippen LogP contribution is 2.17. The zero-order valence-corrected chi connectivity index (χ0v) is 14.8. The van der Waals surface area contributed by atoms with Gasteiger partial charge in [-0.15, -0.1) is 0 Å². The van der Waals surface area contributed by atoms with Crippen molar-refractivity contribution >= 4 is 10.0 Å². The molecule has 0 radical (unpaired) electrons. The van der Waals surface area contributed by atoms with Gasteiger partial charge in [0.05, 0.1) is 4.90 Å². The molecule has 0 bridgehead atoms. The van der Waals surface area contributed by atoms with Crippen LogP contribution in [-0.2, 0) is 16.6 Å². The molecule has 0 fully saturated rings. The van der Waals surface area contributed by atoms with Crippen molar-refractivity contribution in [1.82, 2.24) is 9.62 Å². The fraction of sp³-hybridized carbons (Fsp3) is 0.625. The maximum atomic E-state index is 12.3. The quantitative estimate of drug-likeness (QED) is 0.879. The normalized spacial score (nSPS) is 13.1. The van der Waals surface area contributed by atoms with Crippen LogP contribution in [0.3, 0.4) is 0 Å². The van der Waals surface area contributed by atoms with Crippen LogP contribution in [0.5, 0.6) is 0 Å². The van der Waals surface area contributed by atoms with Crippen molar-refractivity contribution < 1.29 is 8.42 Å². The van der Waals surface area contributed by atoms with Crippen LogP contribution in [0.4, 0.5) is 0 Å². The molecule has 0 saturated carbocycles. The van der Waals surface area contributed by atoms with Gasteiger partial charge in [-0.2, -0.15) is 4.31 Å². The van der Waals surface area contributed by atoms with Gasteiger partial charge >= 0.3 is 0 Å². The van der Waals surface area contributed by atoms with Gasteiger partial charge in [-0.3, -0.25) is 0 Å². The zero-order chi connectivity index (χ0) is 16.3. The number of nitrogens with zero attached hydrogens (tertiary/aromatic N) is 1. The topological polar surface area (TPSA) is 49.4 Å². The average molecular weight is 312 g/mol. The number of rotatable bonds is 6. The molecule has 4 nitrogen and oxygen atoms in total. The van der Waals surface area contributed by atoms with Crippen molar-refractivity contribution in [3.63, 3.8) is 0 Å². The lowest BCUT2D eigenvalue weighted by Gasteiger charge is -2.21. The Bertz CT molecular complexity index is 543. The lowest BCUT2D eigenvalue weighted by molar-refractivity contribution is 0.379. The Labute approximate surface area is 129 Å². The van der Waals surface area contributed by atoms with Crippen LogP contribution >= 0.6 is 0 Å². The van der Waals surface area contributed by atoms with E-state index in [1.807, 2.05) is 26.0 Å². The van der Waals surface area contributed by atoms with E-state index in [0.29, 0.717) is 4.90 Å². The number of sulfonamides is 1. The third-order valence-electron chi connectivity index (χ3n) is 3.31. The van der Waals surface area contributed by atoms with Crippen LogP contribution in [0.2, 0.25) is 0 Å². The van der Waals surface area contributed by atoms with E-state index in [-0.39, 0.29) is 11.5 Å². The fourth-order valence-electron chi connectivity index (χ4n) is 1.80. The van der Waals surface area contributed by atoms with Crippen molar-refractivity contribution in [2.75, 3.05) is 13.6 Å². The van der Waals surface area contributed by atoms with Gasteiger partial charge in [0.1, 0.15) is 0 Å². The van der Waals surface area contributed by atoms with Gasteiger partial charge in [0.25, 0.3) is 0 Å². The van der Waals surface area contributed by atoms with Gasteiger partial charge in [-0.1, -0.05) is 32.9 Å². The van der Waals surface area contributed by atoms with Gasteiger partial charge in [-0.05, 0) is 37.0 Å². The Morgan fingerprint density at radius 1 is 1.14 bits per heavy atom. The van der Waals surface area contributed by atoms with E-state index in [1.54, 1.807) is 19.2 Å². The zero-order valence-electron chi connectivity index (χ0n) is 14.0. The van der Waals surface area contributed by atoms with Crippen molar-refractivity contribution in [3.8, 4) is 0 Å². The molecule has 5 heteroatoms. The van der Waals surface area contributed by atoms with Crippen molar-refractivity contribution in [2.45, 2.75) is 52.1 Å². The number of benzene rings is 1. The second kappa shape index (κ2) is 6.90. The Kier molecular flexibility index (Phi) is 5.96. The first-order valence-electron chi connectivity index (χ1n) is 7.32. The number of nitrogens with one attached hydrogen (secondary N) is 1. The largest absolute Gasteiger partial charge is 0.312 e. The van der Waals surface area contributed by atoms with Crippen LogP contribution in [-0.4, -0.2) is 32.4 Å². The van der Waals surface area contributed by atoms with Crippen LogP contribution in [0.15, 0.2) is 29.2 Å². The van der Waals surface area contributed by atoms with Crippen LogP contribution in [0, 0.1) is 5.41 Å². The highest BCUT2D eigenvalue weighted by atomic mass is 32.2. The monoisotopic (exact) mass is 312 g/mol. The summed E-state index contributed by atoms with van der Waals surface area (Å²) in [6.07, 6.45) is 0. The standard InChI is InChI=1S/C16H28N2O2S/c1-13(2)18(6)21(19,20)15-9-7-14(8-10-15)11-17-12-16(3,4)5/h7-10,13,17H,11-12H2,1-6H3. The maximum absolute atomic E-state index is 12.3. The summed E-state index contributed by atoms with van der Waals surface area (Å²) in [5, 5.41) is 3.38. The molecule has 0 heterocycles. The third-order valence-corrected chi connectivity index (χ3v) is 5.36. The molecule has 1 N–H and O–H groups in total. The summed E-state index contributed by atoms with van der Waals surface area (Å²) in [4.78, 5) is 0.346. The summed E-state index contributed by atoms with van der Waals surface area (Å²) in [6, 6.07) is 7.06. The predicted octanol–water partition coefficient (Wildman–Crippen LogP) is 2.85. The molecule has 0 amide bonds. The second-order valence-corrected chi connectivity index (χ2v) is 8.92. The minimum absolute atomic E-state index is 0.0527. The molecule has 0 saturated heterocycles. The SMILES string of the molecule is CC(C)N(C)S(=O)(=O)c1ccc(CNCC(C)(C)C)cc1. The highest BCUT2D eigenvalue weighted by Gasteiger charge is 2.22. The minimum Gasteiger partial charge on any atom is -0.312 e. The van der Waals surface area contributed by atoms with Crippen molar-refractivity contribution in [2.24, 2.45) is 5.41 Å². The molecule has 1 aromatic rings. The Hall–Kier alpha value is -0.910. The van der Waals surface area contributed by atoms with E-state index >= 15 is 0 Å².